The monoisotopic (exact) mass is 152 g/mol. The Labute approximate surface area is 71.0 Å². The maximum Gasteiger partial charge on any atom is -0.00846 e. The lowest BCUT2D eigenvalue weighted by molar-refractivity contribution is 0.726. The Hall–Kier alpha value is -0.520. The Bertz CT molecular complexity index is 111. The van der Waals surface area contributed by atoms with Gasteiger partial charge in [0, 0.05) is 0 Å². The van der Waals surface area contributed by atoms with Crippen molar-refractivity contribution >= 4 is 0 Å². The molecule has 64 valence electrons. The molecule has 1 atom stereocenters. The zero-order chi connectivity index (χ0) is 8.53. The molecule has 0 unspecified atom stereocenters. The topological polar surface area (TPSA) is 0 Å². The summed E-state index contributed by atoms with van der Waals surface area (Å²) in [4.78, 5) is 0. The van der Waals surface area contributed by atoms with Gasteiger partial charge in [0.15, 0.2) is 0 Å². The van der Waals surface area contributed by atoms with Crippen molar-refractivity contribution in [3.05, 3.63) is 24.8 Å². The first-order valence-electron chi connectivity index (χ1n) is 4.60. The highest BCUT2D eigenvalue weighted by Crippen LogP contribution is 2.03. The first-order chi connectivity index (χ1) is 5.31. The van der Waals surface area contributed by atoms with E-state index in [-0.39, 0.29) is 0 Å². The van der Waals surface area contributed by atoms with Gasteiger partial charge in [-0.25, -0.2) is 0 Å². The molecule has 0 N–H and O–H groups in total. The molecule has 0 aliphatic carbocycles. The number of rotatable bonds is 6. The standard InChI is InChI=1S/C11H20/c1-4-6-7-8-9-10-11(3)5-2/h5,9-11H,2,4,6-8H2,1,3H3/b10-9-/t11-/m0/s1. The predicted molar refractivity (Wildman–Crippen MR) is 52.6 cm³/mol. The van der Waals surface area contributed by atoms with E-state index in [9.17, 15) is 0 Å². The molecule has 0 nitrogen and oxygen atoms in total. The smallest absolute Gasteiger partial charge is 0.00846 e. The molecular weight excluding hydrogens is 132 g/mol. The summed E-state index contributed by atoms with van der Waals surface area (Å²) in [6, 6.07) is 0. The maximum absolute atomic E-state index is 3.72. The zero-order valence-electron chi connectivity index (χ0n) is 7.84. The van der Waals surface area contributed by atoms with Crippen LogP contribution >= 0.6 is 0 Å². The minimum absolute atomic E-state index is 0.539. The van der Waals surface area contributed by atoms with Gasteiger partial charge in [-0.15, -0.1) is 6.58 Å². The summed E-state index contributed by atoms with van der Waals surface area (Å²) >= 11 is 0. The van der Waals surface area contributed by atoms with E-state index in [1.165, 1.54) is 25.7 Å². The lowest BCUT2D eigenvalue weighted by Crippen LogP contribution is -1.79. The third kappa shape index (κ3) is 7.38. The number of unbranched alkanes of at least 4 members (excludes halogenated alkanes) is 3. The van der Waals surface area contributed by atoms with Crippen LogP contribution in [-0.4, -0.2) is 0 Å². The van der Waals surface area contributed by atoms with Gasteiger partial charge >= 0.3 is 0 Å². The van der Waals surface area contributed by atoms with Gasteiger partial charge in [-0.1, -0.05) is 44.9 Å². The van der Waals surface area contributed by atoms with E-state index >= 15 is 0 Å². The normalized spacial score (nSPS) is 13.6. The van der Waals surface area contributed by atoms with E-state index in [1.807, 2.05) is 6.08 Å². The second-order valence-corrected chi connectivity index (χ2v) is 3.02. The summed E-state index contributed by atoms with van der Waals surface area (Å²) in [5.41, 5.74) is 0. The molecule has 0 fully saturated rings. The van der Waals surface area contributed by atoms with Gasteiger partial charge < -0.3 is 0 Å². The lowest BCUT2D eigenvalue weighted by Gasteiger charge is -1.95. The van der Waals surface area contributed by atoms with E-state index in [0.717, 1.165) is 0 Å². The quantitative estimate of drug-likeness (QED) is 0.399. The van der Waals surface area contributed by atoms with Crippen LogP contribution in [0.25, 0.3) is 0 Å². The van der Waals surface area contributed by atoms with Gasteiger partial charge in [0.2, 0.25) is 0 Å². The van der Waals surface area contributed by atoms with E-state index in [1.54, 1.807) is 0 Å². The predicted octanol–water partition coefficient (Wildman–Crippen LogP) is 3.95. The van der Waals surface area contributed by atoms with Crippen molar-refractivity contribution in [1.82, 2.24) is 0 Å². The molecular formula is C11H20. The molecule has 0 saturated carbocycles. The summed E-state index contributed by atoms with van der Waals surface area (Å²) in [6.45, 7) is 8.11. The van der Waals surface area contributed by atoms with Crippen LogP contribution in [0.5, 0.6) is 0 Å². The first-order valence-corrected chi connectivity index (χ1v) is 4.60. The fourth-order valence-electron chi connectivity index (χ4n) is 0.902. The van der Waals surface area contributed by atoms with Crippen LogP contribution in [-0.2, 0) is 0 Å². The third-order valence-electron chi connectivity index (χ3n) is 1.79. The van der Waals surface area contributed by atoms with Gasteiger partial charge in [-0.3, -0.25) is 0 Å². The molecule has 0 aromatic heterocycles. The zero-order valence-corrected chi connectivity index (χ0v) is 7.84. The summed E-state index contributed by atoms with van der Waals surface area (Å²) in [7, 11) is 0. The molecule has 0 amide bonds. The van der Waals surface area contributed by atoms with Crippen LogP contribution in [0.3, 0.4) is 0 Å². The van der Waals surface area contributed by atoms with E-state index in [0.29, 0.717) is 5.92 Å². The SMILES string of the molecule is C=C[C@H](C)/C=C\CCCCC. The Morgan fingerprint density at radius 3 is 2.64 bits per heavy atom. The van der Waals surface area contributed by atoms with Crippen molar-refractivity contribution in [2.75, 3.05) is 0 Å². The van der Waals surface area contributed by atoms with Crippen LogP contribution in [0.2, 0.25) is 0 Å². The highest BCUT2D eigenvalue weighted by Gasteiger charge is 1.86. The highest BCUT2D eigenvalue weighted by molar-refractivity contribution is 4.94. The van der Waals surface area contributed by atoms with Gasteiger partial charge in [0.25, 0.3) is 0 Å². The third-order valence-corrected chi connectivity index (χ3v) is 1.79. The molecule has 0 aromatic rings. The minimum Gasteiger partial charge on any atom is -0.102 e. The fraction of sp³-hybridized carbons (Fsp3) is 0.636. The van der Waals surface area contributed by atoms with E-state index < -0.39 is 0 Å². The Morgan fingerprint density at radius 1 is 1.36 bits per heavy atom. The highest BCUT2D eigenvalue weighted by atomic mass is 13.9. The summed E-state index contributed by atoms with van der Waals surface area (Å²) in [5.74, 6) is 0.539. The molecule has 11 heavy (non-hydrogen) atoms. The minimum atomic E-state index is 0.539. The molecule has 0 aliphatic rings. The average Bonchev–Trinajstić information content (AvgIpc) is 2.04. The van der Waals surface area contributed by atoms with Gasteiger partial charge in [0.05, 0.1) is 0 Å². The average molecular weight is 152 g/mol. The molecule has 0 saturated heterocycles. The summed E-state index contributed by atoms with van der Waals surface area (Å²) in [6.07, 6.45) is 11.7. The number of hydrogen-bond acceptors (Lipinski definition) is 0. The molecule has 0 aliphatic heterocycles. The van der Waals surface area contributed by atoms with Gasteiger partial charge in [-0.05, 0) is 18.8 Å². The van der Waals surface area contributed by atoms with E-state index in [2.05, 4.69) is 32.6 Å². The van der Waals surface area contributed by atoms with Crippen molar-refractivity contribution in [2.45, 2.75) is 39.5 Å². The van der Waals surface area contributed by atoms with Crippen molar-refractivity contribution in [2.24, 2.45) is 5.92 Å². The van der Waals surface area contributed by atoms with Gasteiger partial charge in [-0.2, -0.15) is 0 Å². The molecule has 0 spiro atoms. The maximum atomic E-state index is 3.72. The summed E-state index contributed by atoms with van der Waals surface area (Å²) < 4.78 is 0. The van der Waals surface area contributed by atoms with Crippen LogP contribution in [0, 0.1) is 5.92 Å². The Balaban J connectivity index is 3.22. The molecule has 0 aromatic carbocycles. The largest absolute Gasteiger partial charge is 0.102 e. The molecule has 0 bridgehead atoms. The Morgan fingerprint density at radius 2 is 2.09 bits per heavy atom. The molecule has 0 radical (unpaired) electrons. The second kappa shape index (κ2) is 7.59. The number of allylic oxidation sites excluding steroid dienone is 3. The van der Waals surface area contributed by atoms with Crippen molar-refractivity contribution < 1.29 is 0 Å². The fourth-order valence-corrected chi connectivity index (χ4v) is 0.902. The first kappa shape index (κ1) is 10.5. The van der Waals surface area contributed by atoms with E-state index in [4.69, 9.17) is 0 Å². The molecule has 0 heterocycles. The lowest BCUT2D eigenvalue weighted by atomic mass is 10.1. The number of hydrogen-bond donors (Lipinski definition) is 0. The van der Waals surface area contributed by atoms with Crippen molar-refractivity contribution in [3.8, 4) is 0 Å². The van der Waals surface area contributed by atoms with Crippen LogP contribution in [0.15, 0.2) is 24.8 Å². The van der Waals surface area contributed by atoms with Gasteiger partial charge in [0.1, 0.15) is 0 Å². The van der Waals surface area contributed by atoms with Crippen LogP contribution < -0.4 is 0 Å². The van der Waals surface area contributed by atoms with Crippen molar-refractivity contribution in [1.29, 1.82) is 0 Å². The van der Waals surface area contributed by atoms with Crippen molar-refractivity contribution in [3.63, 3.8) is 0 Å². The molecule has 0 rings (SSSR count). The van der Waals surface area contributed by atoms with Crippen LogP contribution in [0.4, 0.5) is 0 Å². The Kier molecular flexibility index (Phi) is 7.23. The summed E-state index contributed by atoms with van der Waals surface area (Å²) in [5, 5.41) is 0. The van der Waals surface area contributed by atoms with Crippen LogP contribution in [0.1, 0.15) is 39.5 Å². The second-order valence-electron chi connectivity index (χ2n) is 3.02. The molecule has 0 heteroatoms.